The van der Waals surface area contributed by atoms with Crippen molar-refractivity contribution in [3.05, 3.63) is 64.2 Å². The summed E-state index contributed by atoms with van der Waals surface area (Å²) in [4.78, 5) is 11.7. The summed E-state index contributed by atoms with van der Waals surface area (Å²) in [6, 6.07) is 10.5. The van der Waals surface area contributed by atoms with Crippen LogP contribution in [0.4, 0.5) is 8.78 Å². The van der Waals surface area contributed by atoms with Crippen LogP contribution in [0.1, 0.15) is 41.2 Å². The number of nitrogens with one attached hydrogen (secondary N) is 1. The van der Waals surface area contributed by atoms with Gasteiger partial charge in [-0.1, -0.05) is 37.3 Å². The molecule has 0 fully saturated rings. The van der Waals surface area contributed by atoms with Crippen molar-refractivity contribution in [2.24, 2.45) is 0 Å². The molecule has 5 heteroatoms. The predicted octanol–water partition coefficient (Wildman–Crippen LogP) is 4.36. The van der Waals surface area contributed by atoms with Crippen molar-refractivity contribution < 1.29 is 18.3 Å². The lowest BCUT2D eigenvalue weighted by Gasteiger charge is -2.16. The lowest BCUT2D eigenvalue weighted by atomic mass is 9.99. The van der Waals surface area contributed by atoms with Crippen LogP contribution in [0.25, 0.3) is 0 Å². The normalized spacial score (nSPS) is 10.8. The summed E-state index contributed by atoms with van der Waals surface area (Å²) in [6.45, 7) is 4.00. The summed E-state index contributed by atoms with van der Waals surface area (Å²) in [6.07, 6.45) is -1.65. The van der Waals surface area contributed by atoms with Gasteiger partial charge in [-0.15, -0.1) is 0 Å². The molecule has 0 aromatic heterocycles. The van der Waals surface area contributed by atoms with Crippen molar-refractivity contribution in [2.45, 2.75) is 39.7 Å². The lowest BCUT2D eigenvalue weighted by molar-refractivity contribution is -0.119. The molecule has 0 aliphatic rings. The van der Waals surface area contributed by atoms with Crippen molar-refractivity contribution in [1.29, 1.82) is 0 Å². The maximum absolute atomic E-state index is 13.4. The topological polar surface area (TPSA) is 38.3 Å². The molecule has 0 atom stereocenters. The molecule has 0 saturated heterocycles. The van der Waals surface area contributed by atoms with Crippen molar-refractivity contribution in [2.75, 3.05) is 7.05 Å². The average molecular weight is 347 g/mol. The molecule has 1 amide bonds. The minimum Gasteiger partial charge on any atom is -0.489 e. The molecule has 25 heavy (non-hydrogen) atoms. The highest BCUT2D eigenvalue weighted by molar-refractivity contribution is 5.78. The van der Waals surface area contributed by atoms with Crippen molar-refractivity contribution >= 4 is 5.91 Å². The Hall–Kier alpha value is -2.43. The Bertz CT molecular complexity index is 744. The van der Waals surface area contributed by atoms with Gasteiger partial charge in [0.25, 0.3) is 6.43 Å². The maximum atomic E-state index is 13.4. The van der Waals surface area contributed by atoms with Gasteiger partial charge in [-0.3, -0.25) is 4.79 Å². The van der Waals surface area contributed by atoms with E-state index in [1.165, 1.54) is 18.7 Å². The van der Waals surface area contributed by atoms with Gasteiger partial charge >= 0.3 is 0 Å². The molecule has 0 radical (unpaired) electrons. The molecular weight excluding hydrogens is 324 g/mol. The molecule has 2 rings (SSSR count). The summed E-state index contributed by atoms with van der Waals surface area (Å²) >= 11 is 0. The highest BCUT2D eigenvalue weighted by Crippen LogP contribution is 2.28. The predicted molar refractivity (Wildman–Crippen MR) is 94.1 cm³/mol. The largest absolute Gasteiger partial charge is 0.489 e. The first-order valence-corrected chi connectivity index (χ1v) is 8.28. The molecule has 0 saturated carbocycles. The van der Waals surface area contributed by atoms with E-state index in [9.17, 15) is 13.6 Å². The molecule has 2 aromatic carbocycles. The smallest absolute Gasteiger partial charge is 0.264 e. The summed E-state index contributed by atoms with van der Waals surface area (Å²) in [5.41, 5.74) is 2.99. The van der Waals surface area contributed by atoms with E-state index in [0.717, 1.165) is 12.0 Å². The average Bonchev–Trinajstić information content (AvgIpc) is 2.60. The molecule has 2 aromatic rings. The number of carbonyl (C=O) groups excluding carboxylic acids is 1. The molecule has 0 aliphatic heterocycles. The van der Waals surface area contributed by atoms with Gasteiger partial charge in [0.2, 0.25) is 5.91 Å². The summed E-state index contributed by atoms with van der Waals surface area (Å²) < 4.78 is 32.6. The number of amides is 1. The summed E-state index contributed by atoms with van der Waals surface area (Å²) in [5.74, 6) is 0.434. The third-order valence-corrected chi connectivity index (χ3v) is 4.19. The molecule has 0 unspecified atom stereocenters. The summed E-state index contributed by atoms with van der Waals surface area (Å²) in [5, 5.41) is 2.52. The van der Waals surface area contributed by atoms with Crippen molar-refractivity contribution in [1.82, 2.24) is 5.32 Å². The highest BCUT2D eigenvalue weighted by Gasteiger charge is 2.18. The zero-order valence-corrected chi connectivity index (χ0v) is 14.7. The molecule has 0 heterocycles. The molecule has 0 bridgehead atoms. The van der Waals surface area contributed by atoms with E-state index in [1.807, 2.05) is 25.1 Å². The molecule has 3 nitrogen and oxygen atoms in total. The quantitative estimate of drug-likeness (QED) is 0.808. The van der Waals surface area contributed by atoms with Gasteiger partial charge in [0.15, 0.2) is 0 Å². The third-order valence-electron chi connectivity index (χ3n) is 4.19. The van der Waals surface area contributed by atoms with Crippen LogP contribution in [0.2, 0.25) is 0 Å². The highest BCUT2D eigenvalue weighted by atomic mass is 19.3. The molecular formula is C20H23F2NO2. The van der Waals surface area contributed by atoms with E-state index in [2.05, 4.69) is 12.2 Å². The number of aryl methyl sites for hydroxylation is 2. The monoisotopic (exact) mass is 347 g/mol. The number of benzene rings is 2. The second kappa shape index (κ2) is 8.60. The Labute approximate surface area is 147 Å². The van der Waals surface area contributed by atoms with Crippen LogP contribution >= 0.6 is 0 Å². The van der Waals surface area contributed by atoms with E-state index in [0.29, 0.717) is 16.9 Å². The van der Waals surface area contributed by atoms with E-state index in [-0.39, 0.29) is 24.5 Å². The Morgan fingerprint density at radius 1 is 1.24 bits per heavy atom. The standard InChI is InChI=1S/C20H23F2NO2/c1-4-14-8-9-18(13(2)10-14)25-12-17-15(11-19(24)23-3)6-5-7-16(17)20(21)22/h5-10,20H,4,11-12H2,1-3H3,(H,23,24). The Kier molecular flexibility index (Phi) is 6.51. The number of halogens is 2. The van der Waals surface area contributed by atoms with Crippen LogP contribution in [0.15, 0.2) is 36.4 Å². The van der Waals surface area contributed by atoms with Crippen LogP contribution in [0.5, 0.6) is 5.75 Å². The maximum Gasteiger partial charge on any atom is 0.264 e. The number of hydrogen-bond acceptors (Lipinski definition) is 2. The summed E-state index contributed by atoms with van der Waals surface area (Å²) in [7, 11) is 1.52. The Morgan fingerprint density at radius 2 is 2.00 bits per heavy atom. The SMILES string of the molecule is CCc1ccc(OCc2c(CC(=O)NC)cccc2C(F)F)c(C)c1. The fourth-order valence-electron chi connectivity index (χ4n) is 2.71. The van der Waals surface area contributed by atoms with Crippen LogP contribution in [0, 0.1) is 6.92 Å². The van der Waals surface area contributed by atoms with E-state index < -0.39 is 6.43 Å². The Balaban J connectivity index is 2.29. The number of carbonyl (C=O) groups is 1. The molecule has 0 spiro atoms. The first kappa shape index (κ1) is 18.9. The van der Waals surface area contributed by atoms with Crippen LogP contribution in [0.3, 0.4) is 0 Å². The molecule has 1 N–H and O–H groups in total. The van der Waals surface area contributed by atoms with Gasteiger partial charge in [-0.25, -0.2) is 8.78 Å². The zero-order valence-electron chi connectivity index (χ0n) is 14.7. The lowest BCUT2D eigenvalue weighted by Crippen LogP contribution is -2.21. The van der Waals surface area contributed by atoms with Gasteiger partial charge in [-0.05, 0) is 36.1 Å². The fourth-order valence-corrected chi connectivity index (χ4v) is 2.71. The van der Waals surface area contributed by atoms with Gasteiger partial charge < -0.3 is 10.1 Å². The number of likely N-dealkylation sites (N-methyl/N-ethyl adjacent to an activating group) is 1. The van der Waals surface area contributed by atoms with Crippen LogP contribution < -0.4 is 10.1 Å². The Morgan fingerprint density at radius 3 is 2.60 bits per heavy atom. The van der Waals surface area contributed by atoms with Gasteiger partial charge in [-0.2, -0.15) is 0 Å². The first-order valence-electron chi connectivity index (χ1n) is 8.28. The number of rotatable bonds is 7. The van der Waals surface area contributed by atoms with E-state index in [4.69, 9.17) is 4.74 Å². The van der Waals surface area contributed by atoms with Crippen LogP contribution in [-0.2, 0) is 24.2 Å². The first-order chi connectivity index (χ1) is 12.0. The number of ether oxygens (including phenoxy) is 1. The van der Waals surface area contributed by atoms with E-state index >= 15 is 0 Å². The van der Waals surface area contributed by atoms with Gasteiger partial charge in [0.05, 0.1) is 6.42 Å². The van der Waals surface area contributed by atoms with Crippen molar-refractivity contribution in [3.63, 3.8) is 0 Å². The third kappa shape index (κ3) is 4.78. The molecule has 0 aliphatic carbocycles. The van der Waals surface area contributed by atoms with Crippen molar-refractivity contribution in [3.8, 4) is 5.75 Å². The number of alkyl halides is 2. The van der Waals surface area contributed by atoms with Gasteiger partial charge in [0, 0.05) is 18.2 Å². The fraction of sp³-hybridized carbons (Fsp3) is 0.350. The second-order valence-electron chi connectivity index (χ2n) is 5.88. The van der Waals surface area contributed by atoms with E-state index in [1.54, 1.807) is 12.1 Å². The minimum absolute atomic E-state index is 0.000841. The molecule has 134 valence electrons. The van der Waals surface area contributed by atoms with Crippen LogP contribution in [-0.4, -0.2) is 13.0 Å². The van der Waals surface area contributed by atoms with Gasteiger partial charge in [0.1, 0.15) is 12.4 Å². The zero-order chi connectivity index (χ0) is 18.4. The second-order valence-corrected chi connectivity index (χ2v) is 5.88. The number of hydrogen-bond donors (Lipinski definition) is 1. The minimum atomic E-state index is -2.62.